The van der Waals surface area contributed by atoms with Crippen LogP contribution < -0.4 is 0 Å². The van der Waals surface area contributed by atoms with Gasteiger partial charge in [-0.3, -0.25) is 9.59 Å². The summed E-state index contributed by atoms with van der Waals surface area (Å²) in [6, 6.07) is 0. The van der Waals surface area contributed by atoms with E-state index < -0.39 is 52.6 Å². The average Bonchev–Trinajstić information content (AvgIpc) is 2.79. The number of carboxylic acid groups (broad SMARTS) is 3. The summed E-state index contributed by atoms with van der Waals surface area (Å²) in [5, 5.41) is 44.7. The second-order valence-electron chi connectivity index (χ2n) is 12.4. The predicted molar refractivity (Wildman–Crippen MR) is 147 cm³/mol. The highest BCUT2D eigenvalue weighted by Crippen LogP contribution is 2.57. The highest BCUT2D eigenvalue weighted by molar-refractivity contribution is 5.94. The van der Waals surface area contributed by atoms with Gasteiger partial charge in [0.1, 0.15) is 11.3 Å². The van der Waals surface area contributed by atoms with Crippen LogP contribution in [0, 0.1) is 46.8 Å². The number of hydrogen-bond donors (Lipinski definition) is 4. The van der Waals surface area contributed by atoms with Gasteiger partial charge in [0.05, 0.1) is 0 Å². The summed E-state index contributed by atoms with van der Waals surface area (Å²) in [7, 11) is 0. The van der Waals surface area contributed by atoms with E-state index in [0.29, 0.717) is 57.8 Å². The number of rotatable bonds is 20. The van der Waals surface area contributed by atoms with Crippen molar-refractivity contribution in [3.63, 3.8) is 0 Å². The molecular formula is C30H56O7. The fourth-order valence-corrected chi connectivity index (χ4v) is 6.49. The van der Waals surface area contributed by atoms with Gasteiger partial charge in [-0.05, 0) is 54.8 Å². The monoisotopic (exact) mass is 528 g/mol. The topological polar surface area (TPSA) is 132 Å². The zero-order valence-electron chi connectivity index (χ0n) is 24.9. The van der Waals surface area contributed by atoms with Crippen LogP contribution in [0.3, 0.4) is 0 Å². The summed E-state index contributed by atoms with van der Waals surface area (Å²) < 4.78 is 0. The molecule has 0 heterocycles. The van der Waals surface area contributed by atoms with Crippen molar-refractivity contribution >= 4 is 17.9 Å². The molecule has 0 radical (unpaired) electrons. The molecular weight excluding hydrogens is 472 g/mol. The molecule has 0 spiro atoms. The van der Waals surface area contributed by atoms with Gasteiger partial charge in [0.25, 0.3) is 0 Å². The normalized spacial score (nSPS) is 18.7. The first-order chi connectivity index (χ1) is 17.1. The van der Waals surface area contributed by atoms with Gasteiger partial charge in [-0.1, -0.05) is 101 Å². The molecule has 0 rings (SSSR count). The molecule has 0 aliphatic carbocycles. The van der Waals surface area contributed by atoms with E-state index in [1.165, 1.54) is 0 Å². The number of carboxylic acids is 3. The van der Waals surface area contributed by atoms with Crippen LogP contribution in [0.4, 0.5) is 0 Å². The molecule has 0 aliphatic rings. The Morgan fingerprint density at radius 3 is 1.22 bits per heavy atom. The lowest BCUT2D eigenvalue weighted by Crippen LogP contribution is -2.70. The minimum Gasteiger partial charge on any atom is -0.481 e. The Kier molecular flexibility index (Phi) is 15.0. The predicted octanol–water partition coefficient (Wildman–Crippen LogP) is 6.96. The van der Waals surface area contributed by atoms with Crippen LogP contribution in [-0.4, -0.2) is 43.9 Å². The molecule has 0 aliphatic heterocycles. The number of carbonyl (C=O) groups is 3. The van der Waals surface area contributed by atoms with Gasteiger partial charge in [0.15, 0.2) is 5.60 Å². The average molecular weight is 529 g/mol. The smallest absolute Gasteiger partial charge is 0.337 e. The molecule has 0 saturated heterocycles. The van der Waals surface area contributed by atoms with E-state index >= 15 is 0 Å². The quantitative estimate of drug-likeness (QED) is 0.134. The highest BCUT2D eigenvalue weighted by Gasteiger charge is 2.71. The van der Waals surface area contributed by atoms with Crippen molar-refractivity contribution in [3.8, 4) is 0 Å². The van der Waals surface area contributed by atoms with E-state index in [1.807, 2.05) is 55.4 Å². The molecule has 0 aromatic rings. The van der Waals surface area contributed by atoms with Gasteiger partial charge in [0.2, 0.25) is 0 Å². The van der Waals surface area contributed by atoms with Gasteiger partial charge in [-0.25, -0.2) is 4.79 Å². The first kappa shape index (κ1) is 35.4. The zero-order valence-corrected chi connectivity index (χ0v) is 24.9. The molecule has 0 fully saturated rings. The summed E-state index contributed by atoms with van der Waals surface area (Å²) in [5.74, 6) is -7.64. The van der Waals surface area contributed by atoms with Crippen LogP contribution in [0.5, 0.6) is 0 Å². The molecule has 7 nitrogen and oxygen atoms in total. The Hall–Kier alpha value is -1.63. The van der Waals surface area contributed by atoms with Crippen molar-refractivity contribution in [1.82, 2.24) is 0 Å². The summed E-state index contributed by atoms with van der Waals surface area (Å²) in [5.41, 5.74) is -5.13. The maximum absolute atomic E-state index is 13.6. The van der Waals surface area contributed by atoms with Gasteiger partial charge in [0, 0.05) is 0 Å². The van der Waals surface area contributed by atoms with Crippen LogP contribution in [0.1, 0.15) is 120 Å². The fraction of sp³-hybridized carbons (Fsp3) is 0.900. The molecule has 0 aromatic heterocycles. The molecule has 37 heavy (non-hydrogen) atoms. The summed E-state index contributed by atoms with van der Waals surface area (Å²) >= 11 is 0. The van der Waals surface area contributed by atoms with E-state index in [4.69, 9.17) is 0 Å². The molecule has 7 heteroatoms. The summed E-state index contributed by atoms with van der Waals surface area (Å²) in [6.45, 7) is 17.5. The SMILES string of the molecule is CCC(CCC(C)C)C(C(=O)O)C(O)(C(=O)O)C(C(=O)O)(C(CC)CCC(C)C)C(CC)CCC(C)C. The Labute approximate surface area is 225 Å². The first-order valence-electron chi connectivity index (χ1n) is 14.5. The maximum Gasteiger partial charge on any atom is 0.337 e. The van der Waals surface area contributed by atoms with E-state index in [1.54, 1.807) is 6.92 Å². The number of aliphatic hydroxyl groups is 1. The number of hydrogen-bond acceptors (Lipinski definition) is 4. The second-order valence-corrected chi connectivity index (χ2v) is 12.4. The lowest BCUT2D eigenvalue weighted by atomic mass is 9.49. The lowest BCUT2D eigenvalue weighted by molar-refractivity contribution is -0.229. The van der Waals surface area contributed by atoms with Crippen molar-refractivity contribution < 1.29 is 34.8 Å². The van der Waals surface area contributed by atoms with Crippen LogP contribution in [0.2, 0.25) is 0 Å². The summed E-state index contributed by atoms with van der Waals surface area (Å²) in [4.78, 5) is 39.7. The van der Waals surface area contributed by atoms with Gasteiger partial charge < -0.3 is 20.4 Å². The molecule has 0 saturated carbocycles. The van der Waals surface area contributed by atoms with Crippen molar-refractivity contribution in [2.75, 3.05) is 0 Å². The van der Waals surface area contributed by atoms with Crippen molar-refractivity contribution in [2.24, 2.45) is 46.8 Å². The summed E-state index contributed by atoms with van der Waals surface area (Å²) in [6.07, 6.45) is 4.20. The molecule has 218 valence electrons. The minimum atomic E-state index is -2.97. The first-order valence-corrected chi connectivity index (χ1v) is 14.5. The zero-order chi connectivity index (χ0) is 29.1. The standard InChI is InChI=1S/C30H56O7/c1-10-22(16-13-19(4)5)25(26(31)32)30(37,28(35)36)29(27(33)34,23(11-2)17-14-20(6)7)24(12-3)18-15-21(8)9/h19-25,37H,10-18H2,1-9H3,(H,31,32)(H,33,34)(H,35,36). The maximum atomic E-state index is 13.6. The van der Waals surface area contributed by atoms with Crippen LogP contribution in [0.25, 0.3) is 0 Å². The number of aliphatic carboxylic acids is 3. The van der Waals surface area contributed by atoms with Crippen molar-refractivity contribution in [3.05, 3.63) is 0 Å². The van der Waals surface area contributed by atoms with Gasteiger partial charge in [-0.15, -0.1) is 0 Å². The molecule has 0 amide bonds. The third kappa shape index (κ3) is 8.18. The third-order valence-electron chi connectivity index (χ3n) is 8.60. The molecule has 5 unspecified atom stereocenters. The Bertz CT molecular complexity index is 695. The van der Waals surface area contributed by atoms with Crippen molar-refractivity contribution in [2.45, 2.75) is 126 Å². The van der Waals surface area contributed by atoms with Gasteiger partial charge >= 0.3 is 17.9 Å². The fourth-order valence-electron chi connectivity index (χ4n) is 6.49. The minimum absolute atomic E-state index is 0.249. The van der Waals surface area contributed by atoms with E-state index in [-0.39, 0.29) is 17.8 Å². The Morgan fingerprint density at radius 2 is 0.973 bits per heavy atom. The van der Waals surface area contributed by atoms with E-state index in [9.17, 15) is 34.8 Å². The van der Waals surface area contributed by atoms with E-state index in [0.717, 1.165) is 0 Å². The van der Waals surface area contributed by atoms with Crippen LogP contribution in [-0.2, 0) is 14.4 Å². The highest BCUT2D eigenvalue weighted by atomic mass is 16.4. The Balaban J connectivity index is 7.58. The molecule has 0 bridgehead atoms. The van der Waals surface area contributed by atoms with Crippen molar-refractivity contribution in [1.29, 1.82) is 0 Å². The van der Waals surface area contributed by atoms with E-state index in [2.05, 4.69) is 0 Å². The largest absolute Gasteiger partial charge is 0.481 e. The third-order valence-corrected chi connectivity index (χ3v) is 8.60. The second kappa shape index (κ2) is 15.7. The van der Waals surface area contributed by atoms with Gasteiger partial charge in [-0.2, -0.15) is 0 Å². The van der Waals surface area contributed by atoms with Crippen LogP contribution in [0.15, 0.2) is 0 Å². The molecule has 5 atom stereocenters. The molecule has 4 N–H and O–H groups in total. The molecule has 0 aromatic carbocycles. The van der Waals surface area contributed by atoms with Crippen LogP contribution >= 0.6 is 0 Å². The lowest BCUT2D eigenvalue weighted by Gasteiger charge is -2.54. The Morgan fingerprint density at radius 1 is 0.595 bits per heavy atom.